The van der Waals surface area contributed by atoms with Crippen LogP contribution in [0.3, 0.4) is 0 Å². The van der Waals surface area contributed by atoms with Crippen molar-refractivity contribution in [1.29, 1.82) is 0 Å². The number of benzene rings is 1. The van der Waals surface area contributed by atoms with E-state index in [0.29, 0.717) is 23.0 Å². The SMILES string of the molecule is O=C(Nc1cccc(F)c1)c1nnc(C2CCCN2C(=O)CC2CCCC2)s1. The molecule has 1 saturated heterocycles. The van der Waals surface area contributed by atoms with Crippen molar-refractivity contribution >= 4 is 28.8 Å². The van der Waals surface area contributed by atoms with Crippen LogP contribution in [0.1, 0.15) is 65.8 Å². The van der Waals surface area contributed by atoms with Crippen LogP contribution >= 0.6 is 11.3 Å². The van der Waals surface area contributed by atoms with Crippen LogP contribution in [-0.4, -0.2) is 33.5 Å². The van der Waals surface area contributed by atoms with Crippen molar-refractivity contribution in [3.05, 3.63) is 40.1 Å². The van der Waals surface area contributed by atoms with E-state index in [1.807, 2.05) is 4.90 Å². The van der Waals surface area contributed by atoms with Crippen LogP contribution < -0.4 is 5.32 Å². The molecule has 1 aliphatic heterocycles. The number of halogens is 1. The summed E-state index contributed by atoms with van der Waals surface area (Å²) in [5.41, 5.74) is 0.371. The maximum atomic E-state index is 13.3. The fourth-order valence-electron chi connectivity index (χ4n) is 4.11. The van der Waals surface area contributed by atoms with Crippen molar-refractivity contribution in [2.24, 2.45) is 5.92 Å². The predicted octanol–water partition coefficient (Wildman–Crippen LogP) is 4.17. The summed E-state index contributed by atoms with van der Waals surface area (Å²) >= 11 is 1.20. The third kappa shape index (κ3) is 4.22. The quantitative estimate of drug-likeness (QED) is 0.814. The fourth-order valence-corrected chi connectivity index (χ4v) is 5.00. The van der Waals surface area contributed by atoms with Gasteiger partial charge in [-0.1, -0.05) is 30.2 Å². The zero-order valence-corrected chi connectivity index (χ0v) is 16.4. The fraction of sp³-hybridized carbons (Fsp3) is 0.500. The number of anilines is 1. The molecule has 1 saturated carbocycles. The van der Waals surface area contributed by atoms with Gasteiger partial charge in [0, 0.05) is 18.7 Å². The van der Waals surface area contributed by atoms with Gasteiger partial charge in [0.15, 0.2) is 0 Å². The number of amides is 2. The van der Waals surface area contributed by atoms with E-state index in [-0.39, 0.29) is 17.0 Å². The molecule has 0 spiro atoms. The molecule has 4 rings (SSSR count). The van der Waals surface area contributed by atoms with Gasteiger partial charge in [0.25, 0.3) is 5.91 Å². The average molecular weight is 402 g/mol. The number of likely N-dealkylation sites (tertiary alicyclic amines) is 1. The maximum Gasteiger partial charge on any atom is 0.286 e. The van der Waals surface area contributed by atoms with Gasteiger partial charge in [0.05, 0.1) is 6.04 Å². The topological polar surface area (TPSA) is 75.2 Å². The number of hydrogen-bond donors (Lipinski definition) is 1. The minimum Gasteiger partial charge on any atom is -0.333 e. The predicted molar refractivity (Wildman–Crippen MR) is 105 cm³/mol. The molecule has 2 amide bonds. The number of rotatable bonds is 5. The van der Waals surface area contributed by atoms with Crippen LogP contribution in [0.25, 0.3) is 0 Å². The molecule has 0 bridgehead atoms. The monoisotopic (exact) mass is 402 g/mol. The Balaban J connectivity index is 1.42. The van der Waals surface area contributed by atoms with Gasteiger partial charge in [-0.25, -0.2) is 4.39 Å². The van der Waals surface area contributed by atoms with Crippen molar-refractivity contribution in [1.82, 2.24) is 15.1 Å². The largest absolute Gasteiger partial charge is 0.333 e. The van der Waals surface area contributed by atoms with E-state index < -0.39 is 11.7 Å². The number of carbonyl (C=O) groups is 2. The van der Waals surface area contributed by atoms with E-state index in [9.17, 15) is 14.0 Å². The minimum absolute atomic E-state index is 0.0953. The normalized spacial score (nSPS) is 19.9. The Morgan fingerprint density at radius 1 is 1.18 bits per heavy atom. The highest BCUT2D eigenvalue weighted by Crippen LogP contribution is 2.36. The molecule has 2 fully saturated rings. The van der Waals surface area contributed by atoms with E-state index in [4.69, 9.17) is 0 Å². The molecular formula is C20H23FN4O2S. The molecule has 2 heterocycles. The van der Waals surface area contributed by atoms with Crippen LogP contribution in [0.2, 0.25) is 0 Å². The second-order valence-electron chi connectivity index (χ2n) is 7.51. The smallest absolute Gasteiger partial charge is 0.286 e. The molecule has 2 aliphatic rings. The lowest BCUT2D eigenvalue weighted by molar-refractivity contribution is -0.133. The van der Waals surface area contributed by atoms with E-state index >= 15 is 0 Å². The average Bonchev–Trinajstić information content (AvgIpc) is 3.42. The van der Waals surface area contributed by atoms with E-state index in [1.54, 1.807) is 6.07 Å². The Morgan fingerprint density at radius 2 is 2.00 bits per heavy atom. The first-order valence-electron chi connectivity index (χ1n) is 9.80. The van der Waals surface area contributed by atoms with Gasteiger partial charge in [0.1, 0.15) is 10.8 Å². The van der Waals surface area contributed by atoms with Gasteiger partial charge in [0.2, 0.25) is 10.9 Å². The van der Waals surface area contributed by atoms with Crippen LogP contribution in [0.15, 0.2) is 24.3 Å². The minimum atomic E-state index is -0.420. The molecule has 0 radical (unpaired) electrons. The molecule has 6 nitrogen and oxygen atoms in total. The summed E-state index contributed by atoms with van der Waals surface area (Å²) < 4.78 is 13.3. The van der Waals surface area contributed by atoms with Crippen molar-refractivity contribution in [3.63, 3.8) is 0 Å². The maximum absolute atomic E-state index is 13.3. The number of nitrogens with one attached hydrogen (secondary N) is 1. The van der Waals surface area contributed by atoms with Gasteiger partial charge in [-0.05, 0) is 49.8 Å². The van der Waals surface area contributed by atoms with Crippen LogP contribution in [0, 0.1) is 11.7 Å². The van der Waals surface area contributed by atoms with Crippen molar-refractivity contribution in [3.8, 4) is 0 Å². The highest BCUT2D eigenvalue weighted by atomic mass is 32.1. The first-order valence-corrected chi connectivity index (χ1v) is 10.6. The summed E-state index contributed by atoms with van der Waals surface area (Å²) in [5, 5.41) is 11.7. The zero-order chi connectivity index (χ0) is 19.5. The van der Waals surface area contributed by atoms with Gasteiger partial charge in [-0.3, -0.25) is 9.59 Å². The molecular weight excluding hydrogens is 379 g/mol. The Bertz CT molecular complexity index is 865. The summed E-state index contributed by atoms with van der Waals surface area (Å²) in [7, 11) is 0. The molecule has 1 aliphatic carbocycles. The molecule has 1 aromatic heterocycles. The van der Waals surface area contributed by atoms with Crippen molar-refractivity contribution in [2.45, 2.75) is 51.0 Å². The summed E-state index contributed by atoms with van der Waals surface area (Å²) in [6.07, 6.45) is 7.13. The molecule has 2 aromatic rings. The van der Waals surface area contributed by atoms with Gasteiger partial charge < -0.3 is 10.2 Å². The first kappa shape index (κ1) is 19.0. The van der Waals surface area contributed by atoms with Gasteiger partial charge >= 0.3 is 0 Å². The highest BCUT2D eigenvalue weighted by molar-refractivity contribution is 7.13. The lowest BCUT2D eigenvalue weighted by Crippen LogP contribution is -2.31. The number of aromatic nitrogens is 2. The standard InChI is InChI=1S/C20H23FN4O2S/c21-14-7-3-8-15(12-14)22-18(27)20-24-23-19(28-20)16-9-4-10-25(16)17(26)11-13-5-1-2-6-13/h3,7-8,12-13,16H,1-2,4-6,9-11H2,(H,22,27). The Kier molecular flexibility index (Phi) is 5.66. The molecule has 148 valence electrons. The molecule has 8 heteroatoms. The number of hydrogen-bond acceptors (Lipinski definition) is 5. The van der Waals surface area contributed by atoms with Gasteiger partial charge in [-0.2, -0.15) is 0 Å². The Labute approximate surface area is 167 Å². The molecule has 1 aromatic carbocycles. The van der Waals surface area contributed by atoms with Crippen LogP contribution in [-0.2, 0) is 4.79 Å². The molecule has 28 heavy (non-hydrogen) atoms. The number of nitrogens with zero attached hydrogens (tertiary/aromatic N) is 3. The van der Waals surface area contributed by atoms with Crippen LogP contribution in [0.4, 0.5) is 10.1 Å². The summed E-state index contributed by atoms with van der Waals surface area (Å²) in [4.78, 5) is 27.1. The molecule has 1 unspecified atom stereocenters. The van der Waals surface area contributed by atoms with Crippen LogP contribution in [0.5, 0.6) is 0 Å². The third-order valence-electron chi connectivity index (χ3n) is 5.51. The first-order chi connectivity index (χ1) is 13.6. The van der Waals surface area contributed by atoms with Crippen molar-refractivity contribution in [2.75, 3.05) is 11.9 Å². The van der Waals surface area contributed by atoms with E-state index in [2.05, 4.69) is 15.5 Å². The number of carbonyl (C=O) groups excluding carboxylic acids is 2. The van der Waals surface area contributed by atoms with E-state index in [1.165, 1.54) is 42.4 Å². The molecule has 1 N–H and O–H groups in total. The lowest BCUT2D eigenvalue weighted by Gasteiger charge is -2.24. The second-order valence-corrected chi connectivity index (χ2v) is 8.52. The zero-order valence-electron chi connectivity index (χ0n) is 15.6. The Morgan fingerprint density at radius 3 is 2.79 bits per heavy atom. The summed E-state index contributed by atoms with van der Waals surface area (Å²) in [6, 6.07) is 5.62. The van der Waals surface area contributed by atoms with Gasteiger partial charge in [-0.15, -0.1) is 10.2 Å². The highest BCUT2D eigenvalue weighted by Gasteiger charge is 2.34. The summed E-state index contributed by atoms with van der Waals surface area (Å²) in [6.45, 7) is 0.737. The summed E-state index contributed by atoms with van der Waals surface area (Å²) in [5.74, 6) is -0.138. The molecule has 1 atom stereocenters. The second kappa shape index (κ2) is 8.34. The third-order valence-corrected chi connectivity index (χ3v) is 6.54. The van der Waals surface area contributed by atoms with Crippen molar-refractivity contribution < 1.29 is 14.0 Å². The lowest BCUT2D eigenvalue weighted by atomic mass is 10.0. The van der Waals surface area contributed by atoms with E-state index in [0.717, 1.165) is 32.2 Å². The Hall–Kier alpha value is -2.35.